The van der Waals surface area contributed by atoms with Crippen molar-refractivity contribution in [2.24, 2.45) is 17.3 Å². The molecule has 2 saturated carbocycles. The predicted molar refractivity (Wildman–Crippen MR) is 107 cm³/mol. The lowest BCUT2D eigenvalue weighted by molar-refractivity contribution is -0.141. The Morgan fingerprint density at radius 3 is 2.64 bits per heavy atom. The molecule has 0 bridgehead atoms. The highest BCUT2D eigenvalue weighted by atomic mass is 16.6. The van der Waals surface area contributed by atoms with Crippen molar-refractivity contribution in [3.05, 3.63) is 35.4 Å². The third-order valence-electron chi connectivity index (χ3n) is 7.79. The van der Waals surface area contributed by atoms with Gasteiger partial charge in [0, 0.05) is 24.5 Å². The van der Waals surface area contributed by atoms with Crippen LogP contribution in [0.1, 0.15) is 57.6 Å². The fraction of sp³-hybridized carbons (Fsp3) is 0.696. The van der Waals surface area contributed by atoms with Gasteiger partial charge in [-0.25, -0.2) is 0 Å². The summed E-state index contributed by atoms with van der Waals surface area (Å²) < 4.78 is 5.22. The van der Waals surface area contributed by atoms with Crippen LogP contribution >= 0.6 is 0 Å². The number of amides is 1. The van der Waals surface area contributed by atoms with Crippen molar-refractivity contribution in [2.75, 3.05) is 19.7 Å². The molecule has 5 heteroatoms. The van der Waals surface area contributed by atoms with E-state index in [1.165, 1.54) is 11.1 Å². The molecule has 152 valence electrons. The summed E-state index contributed by atoms with van der Waals surface area (Å²) in [5.41, 5.74) is 3.03. The van der Waals surface area contributed by atoms with Gasteiger partial charge in [-0.15, -0.1) is 0 Å². The van der Waals surface area contributed by atoms with Crippen molar-refractivity contribution in [3.8, 4) is 0 Å². The largest absolute Gasteiger partial charge is 0.356 e. The lowest BCUT2D eigenvalue weighted by Gasteiger charge is -2.44. The van der Waals surface area contributed by atoms with Gasteiger partial charge in [-0.1, -0.05) is 52.0 Å². The molecule has 0 radical (unpaired) electrons. The van der Waals surface area contributed by atoms with E-state index < -0.39 is 6.41 Å². The number of carbonyl (C=O) groups excluding carboxylic acids is 1. The number of aliphatic hydroxyl groups is 1. The average Bonchev–Trinajstić information content (AvgIpc) is 2.90. The molecule has 1 aromatic carbocycles. The van der Waals surface area contributed by atoms with Crippen LogP contribution in [0.25, 0.3) is 0 Å². The molecular weight excluding hydrogens is 352 g/mol. The number of rotatable bonds is 2. The topological polar surface area (TPSA) is 61.8 Å². The van der Waals surface area contributed by atoms with E-state index in [9.17, 15) is 9.90 Å². The number of likely N-dealkylation sites (tertiary alicyclic amines) is 1. The fourth-order valence-electron chi connectivity index (χ4n) is 6.02. The standard InChI is InChI=1S/C23H32N2O3/c1-21(2,3)16-7-5-6-14(8-16)18-17-11-25(12-22(17,18)4)19(26)15-9-23(10-15)13-28-20(27)24-23/h5-8,15,17-18,20,24,27H,9-13H2,1-4H3/t15-,17-,18-,20?,22-,23+/m0/s1. The highest BCUT2D eigenvalue weighted by Crippen LogP contribution is 2.68. The maximum Gasteiger partial charge on any atom is 0.225 e. The van der Waals surface area contributed by atoms with Crippen LogP contribution in [0.15, 0.2) is 24.3 Å². The van der Waals surface area contributed by atoms with Gasteiger partial charge in [0.1, 0.15) is 0 Å². The number of fused-ring (bicyclic) bond motifs is 1. The van der Waals surface area contributed by atoms with E-state index in [0.717, 1.165) is 25.9 Å². The van der Waals surface area contributed by atoms with E-state index in [0.29, 0.717) is 24.3 Å². The Bertz CT molecular complexity index is 810. The Labute approximate surface area is 167 Å². The molecule has 5 nitrogen and oxygen atoms in total. The van der Waals surface area contributed by atoms with Crippen molar-refractivity contribution in [3.63, 3.8) is 0 Å². The molecule has 4 atom stereocenters. The van der Waals surface area contributed by atoms with Crippen molar-refractivity contribution >= 4 is 5.91 Å². The molecule has 2 N–H and O–H groups in total. The molecule has 28 heavy (non-hydrogen) atoms. The Morgan fingerprint density at radius 2 is 2.07 bits per heavy atom. The van der Waals surface area contributed by atoms with Gasteiger partial charge < -0.3 is 14.7 Å². The molecule has 2 aliphatic carbocycles. The summed E-state index contributed by atoms with van der Waals surface area (Å²) in [6, 6.07) is 9.06. The van der Waals surface area contributed by atoms with Gasteiger partial charge >= 0.3 is 0 Å². The second-order valence-electron chi connectivity index (χ2n) is 10.9. The van der Waals surface area contributed by atoms with Crippen molar-refractivity contribution < 1.29 is 14.6 Å². The highest BCUT2D eigenvalue weighted by Gasteiger charge is 2.67. The van der Waals surface area contributed by atoms with Crippen LogP contribution in [0.4, 0.5) is 0 Å². The first-order valence-corrected chi connectivity index (χ1v) is 10.6. The smallest absolute Gasteiger partial charge is 0.225 e. The van der Waals surface area contributed by atoms with Crippen LogP contribution in [0.2, 0.25) is 0 Å². The Hall–Kier alpha value is -1.43. The van der Waals surface area contributed by atoms with Crippen LogP contribution in [-0.4, -0.2) is 47.6 Å². The Balaban J connectivity index is 1.22. The van der Waals surface area contributed by atoms with E-state index in [4.69, 9.17) is 4.74 Å². The van der Waals surface area contributed by atoms with E-state index in [-0.39, 0.29) is 22.3 Å². The van der Waals surface area contributed by atoms with Gasteiger partial charge in [-0.2, -0.15) is 0 Å². The number of ether oxygens (including phenoxy) is 1. The maximum atomic E-state index is 13.0. The first kappa shape index (κ1) is 18.6. The summed E-state index contributed by atoms with van der Waals surface area (Å²) in [5, 5.41) is 12.6. The third-order valence-corrected chi connectivity index (χ3v) is 7.79. The van der Waals surface area contributed by atoms with Gasteiger partial charge in [-0.3, -0.25) is 10.1 Å². The zero-order valence-corrected chi connectivity index (χ0v) is 17.4. The molecule has 1 spiro atoms. The number of aliphatic hydroxyl groups excluding tert-OH is 1. The molecule has 1 unspecified atom stereocenters. The second-order valence-corrected chi connectivity index (χ2v) is 10.9. The number of hydrogen-bond acceptors (Lipinski definition) is 4. The van der Waals surface area contributed by atoms with E-state index in [2.05, 4.69) is 62.2 Å². The van der Waals surface area contributed by atoms with Gasteiger partial charge in [0.05, 0.1) is 6.61 Å². The highest BCUT2D eigenvalue weighted by molar-refractivity contribution is 5.81. The zero-order chi connectivity index (χ0) is 19.9. The minimum atomic E-state index is -0.876. The lowest BCUT2D eigenvalue weighted by Crippen LogP contribution is -2.58. The van der Waals surface area contributed by atoms with Gasteiger partial charge in [0.15, 0.2) is 0 Å². The van der Waals surface area contributed by atoms with Crippen LogP contribution in [-0.2, 0) is 14.9 Å². The molecule has 0 aromatic heterocycles. The number of piperidine rings is 1. The first-order chi connectivity index (χ1) is 13.1. The fourth-order valence-corrected chi connectivity index (χ4v) is 6.02. The third kappa shape index (κ3) is 2.74. The summed E-state index contributed by atoms with van der Waals surface area (Å²) >= 11 is 0. The number of benzene rings is 1. The molecule has 4 fully saturated rings. The number of hydrogen-bond donors (Lipinski definition) is 2. The van der Waals surface area contributed by atoms with E-state index in [1.54, 1.807) is 0 Å². The van der Waals surface area contributed by atoms with E-state index >= 15 is 0 Å². The van der Waals surface area contributed by atoms with Gasteiger partial charge in [0.25, 0.3) is 0 Å². The molecule has 5 rings (SSSR count). The lowest BCUT2D eigenvalue weighted by atomic mass is 9.68. The second kappa shape index (κ2) is 5.80. The summed E-state index contributed by atoms with van der Waals surface area (Å²) in [4.78, 5) is 15.1. The number of carbonyl (C=O) groups is 1. The average molecular weight is 385 g/mol. The molecule has 2 heterocycles. The van der Waals surface area contributed by atoms with Crippen LogP contribution in [0, 0.1) is 17.3 Å². The summed E-state index contributed by atoms with van der Waals surface area (Å²) in [5.74, 6) is 1.52. The number of nitrogens with zero attached hydrogens (tertiary/aromatic N) is 1. The normalized spacial score (nSPS) is 41.8. The van der Waals surface area contributed by atoms with Crippen molar-refractivity contribution in [1.29, 1.82) is 0 Å². The minimum absolute atomic E-state index is 0.0742. The molecular formula is C23H32N2O3. The minimum Gasteiger partial charge on any atom is -0.356 e. The maximum absolute atomic E-state index is 13.0. The van der Waals surface area contributed by atoms with Crippen LogP contribution in [0.3, 0.4) is 0 Å². The molecule has 4 aliphatic rings. The molecule has 2 aliphatic heterocycles. The van der Waals surface area contributed by atoms with Crippen molar-refractivity contribution in [1.82, 2.24) is 10.2 Å². The summed E-state index contributed by atoms with van der Waals surface area (Å²) in [6.45, 7) is 11.4. The molecule has 1 aromatic rings. The Kier molecular flexibility index (Phi) is 3.85. The van der Waals surface area contributed by atoms with Crippen LogP contribution in [0.5, 0.6) is 0 Å². The van der Waals surface area contributed by atoms with Gasteiger partial charge in [-0.05, 0) is 46.6 Å². The summed E-state index contributed by atoms with van der Waals surface area (Å²) in [6.07, 6.45) is 0.675. The Morgan fingerprint density at radius 1 is 1.32 bits per heavy atom. The zero-order valence-electron chi connectivity index (χ0n) is 17.4. The molecule has 1 amide bonds. The quantitative estimate of drug-likeness (QED) is 0.823. The van der Waals surface area contributed by atoms with Gasteiger partial charge in [0.2, 0.25) is 12.3 Å². The predicted octanol–water partition coefficient (Wildman–Crippen LogP) is 2.59. The number of nitrogens with one attached hydrogen (secondary N) is 1. The monoisotopic (exact) mass is 384 g/mol. The SMILES string of the molecule is CC(C)(C)c1cccc([C@H]2[C@@H]3CN(C(=O)[C@H]4C[C@]5(COC(O)N5)C4)C[C@@]32C)c1. The summed E-state index contributed by atoms with van der Waals surface area (Å²) in [7, 11) is 0. The first-order valence-electron chi connectivity index (χ1n) is 10.6. The molecule has 2 saturated heterocycles. The van der Waals surface area contributed by atoms with E-state index in [1.807, 2.05) is 0 Å². The van der Waals surface area contributed by atoms with Crippen molar-refractivity contribution in [2.45, 2.75) is 63.8 Å². The van der Waals surface area contributed by atoms with Crippen LogP contribution < -0.4 is 5.32 Å².